The van der Waals surface area contributed by atoms with Crippen LogP contribution in [0.3, 0.4) is 0 Å². The zero-order chi connectivity index (χ0) is 13.7. The molecule has 2 rings (SSSR count). The Morgan fingerprint density at radius 2 is 2.26 bits per heavy atom. The molecule has 5 heteroatoms. The fourth-order valence-electron chi connectivity index (χ4n) is 2.04. The number of nitrogens with one attached hydrogen (secondary N) is 1. The molecule has 0 aliphatic rings. The van der Waals surface area contributed by atoms with Crippen LogP contribution in [0.25, 0.3) is 0 Å². The molecular weight excluding hydrogens is 240 g/mol. The van der Waals surface area contributed by atoms with E-state index in [1.807, 2.05) is 31.4 Å². The summed E-state index contributed by atoms with van der Waals surface area (Å²) < 4.78 is 7.15. The summed E-state index contributed by atoms with van der Waals surface area (Å²) in [5.41, 5.74) is 1.99. The lowest BCUT2D eigenvalue weighted by Gasteiger charge is -2.18. The lowest BCUT2D eigenvalue weighted by molar-refractivity contribution is 0.386. The highest BCUT2D eigenvalue weighted by Crippen LogP contribution is 2.27. The van der Waals surface area contributed by atoms with Gasteiger partial charge in [-0.15, -0.1) is 0 Å². The summed E-state index contributed by atoms with van der Waals surface area (Å²) in [6, 6.07) is 5.96. The second-order valence-electron chi connectivity index (χ2n) is 4.40. The van der Waals surface area contributed by atoms with Crippen LogP contribution in [0.1, 0.15) is 30.6 Å². The quantitative estimate of drug-likeness (QED) is 0.862. The topological polar surface area (TPSA) is 52.0 Å². The highest BCUT2D eigenvalue weighted by atomic mass is 16.5. The van der Waals surface area contributed by atoms with Crippen molar-refractivity contribution in [3.63, 3.8) is 0 Å². The van der Waals surface area contributed by atoms with Crippen molar-refractivity contribution in [2.24, 2.45) is 7.05 Å². The van der Waals surface area contributed by atoms with Gasteiger partial charge in [0.2, 0.25) is 5.88 Å². The Morgan fingerprint density at radius 3 is 2.89 bits per heavy atom. The second kappa shape index (κ2) is 6.33. The molecule has 1 N–H and O–H groups in total. The van der Waals surface area contributed by atoms with Crippen LogP contribution in [0, 0.1) is 0 Å². The standard InChI is InChI=1S/C14H20N4O/c1-4-8-15-13(12-7-10-18(2)17-12)11-6-5-9-16-14(11)19-3/h5-7,9-10,13,15H,4,8H2,1-3H3. The summed E-state index contributed by atoms with van der Waals surface area (Å²) in [5, 5.41) is 7.98. The molecule has 5 nitrogen and oxygen atoms in total. The molecular formula is C14H20N4O. The smallest absolute Gasteiger partial charge is 0.218 e. The number of ether oxygens (including phenoxy) is 1. The molecule has 0 aromatic carbocycles. The van der Waals surface area contributed by atoms with Gasteiger partial charge in [-0.1, -0.05) is 13.0 Å². The summed E-state index contributed by atoms with van der Waals surface area (Å²) in [4.78, 5) is 4.26. The van der Waals surface area contributed by atoms with E-state index in [9.17, 15) is 0 Å². The van der Waals surface area contributed by atoms with Crippen molar-refractivity contribution < 1.29 is 4.74 Å². The zero-order valence-corrected chi connectivity index (χ0v) is 11.6. The van der Waals surface area contributed by atoms with Crippen molar-refractivity contribution >= 4 is 0 Å². The maximum atomic E-state index is 5.35. The zero-order valence-electron chi connectivity index (χ0n) is 11.6. The van der Waals surface area contributed by atoms with E-state index in [-0.39, 0.29) is 6.04 Å². The molecule has 19 heavy (non-hydrogen) atoms. The number of aryl methyl sites for hydroxylation is 1. The summed E-state index contributed by atoms with van der Waals surface area (Å²) >= 11 is 0. The molecule has 0 aliphatic heterocycles. The second-order valence-corrected chi connectivity index (χ2v) is 4.40. The Bertz CT molecular complexity index is 524. The molecule has 0 saturated carbocycles. The van der Waals surface area contributed by atoms with Gasteiger partial charge in [-0.25, -0.2) is 4.98 Å². The maximum absolute atomic E-state index is 5.35. The molecule has 1 unspecified atom stereocenters. The predicted molar refractivity (Wildman–Crippen MR) is 74.1 cm³/mol. The molecule has 0 fully saturated rings. The van der Waals surface area contributed by atoms with E-state index < -0.39 is 0 Å². The third-order valence-electron chi connectivity index (χ3n) is 2.93. The maximum Gasteiger partial charge on any atom is 0.218 e. The van der Waals surface area contributed by atoms with Crippen LogP contribution in [0.2, 0.25) is 0 Å². The van der Waals surface area contributed by atoms with E-state index in [0.717, 1.165) is 24.2 Å². The van der Waals surface area contributed by atoms with Crippen molar-refractivity contribution in [1.29, 1.82) is 0 Å². The molecule has 2 aromatic heterocycles. The van der Waals surface area contributed by atoms with Gasteiger partial charge in [0.1, 0.15) is 0 Å². The van der Waals surface area contributed by atoms with E-state index in [1.54, 1.807) is 18.0 Å². The van der Waals surface area contributed by atoms with Gasteiger partial charge in [0.15, 0.2) is 0 Å². The summed E-state index contributed by atoms with van der Waals surface area (Å²) in [7, 11) is 3.56. The van der Waals surface area contributed by atoms with Gasteiger partial charge in [-0.2, -0.15) is 5.10 Å². The van der Waals surface area contributed by atoms with Crippen molar-refractivity contribution in [3.8, 4) is 5.88 Å². The van der Waals surface area contributed by atoms with Gasteiger partial charge in [0.25, 0.3) is 0 Å². The molecule has 2 heterocycles. The van der Waals surface area contributed by atoms with E-state index in [4.69, 9.17) is 4.74 Å². The normalized spacial score (nSPS) is 12.4. The van der Waals surface area contributed by atoms with Gasteiger partial charge < -0.3 is 10.1 Å². The number of methoxy groups -OCH3 is 1. The molecule has 102 valence electrons. The van der Waals surface area contributed by atoms with Crippen LogP contribution in [0.15, 0.2) is 30.6 Å². The molecule has 0 bridgehead atoms. The molecule has 2 aromatic rings. The van der Waals surface area contributed by atoms with Crippen LogP contribution in [-0.2, 0) is 7.05 Å². The van der Waals surface area contributed by atoms with Gasteiger partial charge in [-0.3, -0.25) is 4.68 Å². The first kappa shape index (κ1) is 13.5. The third-order valence-corrected chi connectivity index (χ3v) is 2.93. The summed E-state index contributed by atoms with van der Waals surface area (Å²) in [6.45, 7) is 3.06. The predicted octanol–water partition coefficient (Wildman–Crippen LogP) is 1.91. The largest absolute Gasteiger partial charge is 0.481 e. The first-order valence-electron chi connectivity index (χ1n) is 6.48. The number of hydrogen-bond acceptors (Lipinski definition) is 4. The van der Waals surface area contributed by atoms with Gasteiger partial charge in [0.05, 0.1) is 18.8 Å². The van der Waals surface area contributed by atoms with Crippen LogP contribution >= 0.6 is 0 Å². The van der Waals surface area contributed by atoms with E-state index in [1.165, 1.54) is 0 Å². The van der Waals surface area contributed by atoms with Gasteiger partial charge >= 0.3 is 0 Å². The van der Waals surface area contributed by atoms with Crippen LogP contribution < -0.4 is 10.1 Å². The first-order valence-corrected chi connectivity index (χ1v) is 6.48. The van der Waals surface area contributed by atoms with E-state index in [0.29, 0.717) is 5.88 Å². The van der Waals surface area contributed by atoms with Crippen molar-refractivity contribution in [3.05, 3.63) is 41.9 Å². The highest BCUT2D eigenvalue weighted by molar-refractivity contribution is 5.34. The molecule has 0 amide bonds. The van der Waals surface area contributed by atoms with Crippen LogP contribution in [0.4, 0.5) is 0 Å². The molecule has 0 aliphatic carbocycles. The minimum absolute atomic E-state index is 0.00444. The lowest BCUT2D eigenvalue weighted by Crippen LogP contribution is -2.24. The lowest BCUT2D eigenvalue weighted by atomic mass is 10.1. The van der Waals surface area contributed by atoms with Crippen LogP contribution in [-0.4, -0.2) is 28.4 Å². The van der Waals surface area contributed by atoms with E-state index >= 15 is 0 Å². The molecule has 0 radical (unpaired) electrons. The first-order chi connectivity index (χ1) is 9.26. The average molecular weight is 260 g/mol. The van der Waals surface area contributed by atoms with Gasteiger partial charge in [0, 0.05) is 25.0 Å². The summed E-state index contributed by atoms with van der Waals surface area (Å²) in [5.74, 6) is 0.641. The number of hydrogen-bond donors (Lipinski definition) is 1. The van der Waals surface area contributed by atoms with Crippen molar-refractivity contribution in [2.45, 2.75) is 19.4 Å². The fourth-order valence-corrected chi connectivity index (χ4v) is 2.04. The van der Waals surface area contributed by atoms with Crippen LogP contribution in [0.5, 0.6) is 5.88 Å². The minimum Gasteiger partial charge on any atom is -0.481 e. The number of nitrogens with zero attached hydrogens (tertiary/aromatic N) is 3. The van der Waals surface area contributed by atoms with Crippen molar-refractivity contribution in [1.82, 2.24) is 20.1 Å². The number of aromatic nitrogens is 3. The Kier molecular flexibility index (Phi) is 4.52. The van der Waals surface area contributed by atoms with Crippen molar-refractivity contribution in [2.75, 3.05) is 13.7 Å². The Balaban J connectivity index is 2.36. The Labute approximate surface area is 113 Å². The molecule has 0 spiro atoms. The van der Waals surface area contributed by atoms with E-state index in [2.05, 4.69) is 22.3 Å². The Hall–Kier alpha value is -1.88. The third kappa shape index (κ3) is 3.12. The number of rotatable bonds is 6. The minimum atomic E-state index is 0.00444. The molecule has 1 atom stereocenters. The summed E-state index contributed by atoms with van der Waals surface area (Å²) in [6.07, 6.45) is 4.74. The van der Waals surface area contributed by atoms with Gasteiger partial charge in [-0.05, 0) is 25.1 Å². The Morgan fingerprint density at radius 1 is 1.42 bits per heavy atom. The number of pyridine rings is 1. The molecule has 0 saturated heterocycles. The fraction of sp³-hybridized carbons (Fsp3) is 0.429. The SMILES string of the molecule is CCCNC(c1ccn(C)n1)c1cccnc1OC. The highest BCUT2D eigenvalue weighted by Gasteiger charge is 2.20. The monoisotopic (exact) mass is 260 g/mol. The average Bonchev–Trinajstić information content (AvgIpc) is 2.86.